The molecule has 0 unspecified atom stereocenters. The first-order valence-corrected chi connectivity index (χ1v) is 11.0. The van der Waals surface area contributed by atoms with Gasteiger partial charge in [-0.25, -0.2) is 13.1 Å². The van der Waals surface area contributed by atoms with Gasteiger partial charge >= 0.3 is 0 Å². The lowest BCUT2D eigenvalue weighted by Crippen LogP contribution is -2.14. The van der Waals surface area contributed by atoms with Crippen LogP contribution in [0.25, 0.3) is 6.08 Å². The highest BCUT2D eigenvalue weighted by Gasteiger charge is 2.25. The number of hydrogen-bond donors (Lipinski definition) is 1. The number of thiophene rings is 1. The minimum Gasteiger partial charge on any atom is -0.336 e. The van der Waals surface area contributed by atoms with Crippen molar-refractivity contribution in [2.75, 3.05) is 4.72 Å². The average Bonchev–Trinajstić information content (AvgIpc) is 3.13. The third kappa shape index (κ3) is 4.08. The zero-order chi connectivity index (χ0) is 18.7. The minimum atomic E-state index is -3.77. The SMILES string of the molecule is Cc1csc(CC=Cc2ccccc2)c1S(=O)(=O)Nc1onc(C)c1Br. The van der Waals surface area contributed by atoms with Gasteiger partial charge in [-0.3, -0.25) is 0 Å². The molecule has 1 aromatic carbocycles. The minimum absolute atomic E-state index is 0.0823. The Hall–Kier alpha value is -1.90. The first kappa shape index (κ1) is 18.9. The van der Waals surface area contributed by atoms with Crippen LogP contribution in [0.4, 0.5) is 5.88 Å². The van der Waals surface area contributed by atoms with Gasteiger partial charge < -0.3 is 4.52 Å². The van der Waals surface area contributed by atoms with Gasteiger partial charge in [0.1, 0.15) is 9.37 Å². The molecular formula is C18H17BrN2O3S2. The maximum atomic E-state index is 12.9. The molecule has 0 bridgehead atoms. The van der Waals surface area contributed by atoms with Crippen LogP contribution >= 0.6 is 27.3 Å². The molecule has 8 heteroatoms. The van der Waals surface area contributed by atoms with Crippen LogP contribution in [-0.2, 0) is 16.4 Å². The number of nitrogens with zero attached hydrogens (tertiary/aromatic N) is 1. The summed E-state index contributed by atoms with van der Waals surface area (Å²) in [6.07, 6.45) is 4.48. The summed E-state index contributed by atoms with van der Waals surface area (Å²) in [6.45, 7) is 3.51. The lowest BCUT2D eigenvalue weighted by Gasteiger charge is -2.07. The molecule has 0 saturated carbocycles. The Kier molecular flexibility index (Phi) is 5.64. The van der Waals surface area contributed by atoms with Crippen molar-refractivity contribution in [3.05, 3.63) is 68.0 Å². The van der Waals surface area contributed by atoms with Crippen molar-refractivity contribution in [1.29, 1.82) is 0 Å². The Labute approximate surface area is 164 Å². The molecule has 2 heterocycles. The number of allylic oxidation sites excluding steroid dienone is 1. The smallest absolute Gasteiger partial charge is 0.265 e. The quantitative estimate of drug-likeness (QED) is 0.559. The maximum Gasteiger partial charge on any atom is 0.265 e. The predicted molar refractivity (Wildman–Crippen MR) is 108 cm³/mol. The van der Waals surface area contributed by atoms with E-state index in [1.165, 1.54) is 11.3 Å². The zero-order valence-corrected chi connectivity index (χ0v) is 17.4. The lowest BCUT2D eigenvalue weighted by atomic mass is 10.2. The molecule has 0 aliphatic heterocycles. The highest BCUT2D eigenvalue weighted by Crippen LogP contribution is 2.32. The molecule has 0 aliphatic rings. The number of aromatic nitrogens is 1. The van der Waals surface area contributed by atoms with Crippen LogP contribution in [0.15, 0.2) is 55.7 Å². The van der Waals surface area contributed by atoms with E-state index in [0.29, 0.717) is 27.0 Å². The van der Waals surface area contributed by atoms with Crippen molar-refractivity contribution >= 4 is 49.3 Å². The van der Waals surface area contributed by atoms with Gasteiger partial charge in [-0.2, -0.15) is 0 Å². The molecule has 3 rings (SSSR count). The number of anilines is 1. The van der Waals surface area contributed by atoms with E-state index in [1.807, 2.05) is 47.9 Å². The summed E-state index contributed by atoms with van der Waals surface area (Å²) in [5, 5.41) is 5.60. The van der Waals surface area contributed by atoms with E-state index >= 15 is 0 Å². The number of sulfonamides is 1. The zero-order valence-electron chi connectivity index (χ0n) is 14.2. The molecule has 0 spiro atoms. The fourth-order valence-corrected chi connectivity index (χ4v) is 5.62. The average molecular weight is 453 g/mol. The second-order valence-electron chi connectivity index (χ2n) is 5.70. The van der Waals surface area contributed by atoms with Gasteiger partial charge in [0.05, 0.1) is 5.69 Å². The standard InChI is InChI=1S/C18H17BrN2O3S2/c1-12-11-25-15(10-6-9-14-7-4-3-5-8-14)17(12)26(22,23)21-18-16(19)13(2)20-24-18/h3-9,11,21H,10H2,1-2H3. The maximum absolute atomic E-state index is 12.9. The van der Waals surface area contributed by atoms with E-state index in [4.69, 9.17) is 4.52 Å². The number of hydrogen-bond acceptors (Lipinski definition) is 5. The number of halogens is 1. The van der Waals surface area contributed by atoms with Crippen LogP contribution in [0.1, 0.15) is 21.7 Å². The summed E-state index contributed by atoms with van der Waals surface area (Å²) in [5.41, 5.74) is 2.36. The van der Waals surface area contributed by atoms with E-state index in [1.54, 1.807) is 13.8 Å². The lowest BCUT2D eigenvalue weighted by molar-refractivity contribution is 0.430. The third-order valence-electron chi connectivity index (χ3n) is 3.69. The van der Waals surface area contributed by atoms with Crippen LogP contribution < -0.4 is 4.72 Å². The Balaban J connectivity index is 1.85. The van der Waals surface area contributed by atoms with Crippen molar-refractivity contribution < 1.29 is 12.9 Å². The summed E-state index contributed by atoms with van der Waals surface area (Å²) in [5.74, 6) is 0.0823. The van der Waals surface area contributed by atoms with E-state index in [2.05, 4.69) is 25.8 Å². The van der Waals surface area contributed by atoms with Gasteiger partial charge in [0, 0.05) is 11.3 Å². The Morgan fingerprint density at radius 3 is 2.65 bits per heavy atom. The topological polar surface area (TPSA) is 72.2 Å². The molecule has 0 radical (unpaired) electrons. The number of benzene rings is 1. The molecule has 0 aliphatic carbocycles. The molecule has 26 heavy (non-hydrogen) atoms. The summed E-state index contributed by atoms with van der Waals surface area (Å²) in [7, 11) is -3.77. The Morgan fingerprint density at radius 1 is 1.27 bits per heavy atom. The van der Waals surface area contributed by atoms with E-state index in [9.17, 15) is 8.42 Å². The van der Waals surface area contributed by atoms with Crippen LogP contribution in [0.2, 0.25) is 0 Å². The van der Waals surface area contributed by atoms with Crippen LogP contribution in [0.3, 0.4) is 0 Å². The fraction of sp³-hybridized carbons (Fsp3) is 0.167. The van der Waals surface area contributed by atoms with Gasteiger partial charge in [-0.1, -0.05) is 47.6 Å². The molecule has 2 aromatic heterocycles. The van der Waals surface area contributed by atoms with Crippen molar-refractivity contribution in [3.63, 3.8) is 0 Å². The summed E-state index contributed by atoms with van der Waals surface area (Å²) in [6, 6.07) is 9.88. The van der Waals surface area contributed by atoms with Crippen LogP contribution in [0, 0.1) is 13.8 Å². The summed E-state index contributed by atoms with van der Waals surface area (Å²) < 4.78 is 33.8. The number of rotatable bonds is 6. The van der Waals surface area contributed by atoms with Crippen molar-refractivity contribution in [2.24, 2.45) is 0 Å². The predicted octanol–water partition coefficient (Wildman–Crippen LogP) is 5.17. The summed E-state index contributed by atoms with van der Waals surface area (Å²) in [4.78, 5) is 1.07. The van der Waals surface area contributed by atoms with E-state index in [-0.39, 0.29) is 5.88 Å². The first-order chi connectivity index (χ1) is 12.4. The van der Waals surface area contributed by atoms with Crippen molar-refractivity contribution in [3.8, 4) is 0 Å². The number of aryl methyl sites for hydroxylation is 2. The highest BCUT2D eigenvalue weighted by molar-refractivity contribution is 9.10. The molecule has 3 aromatic rings. The molecule has 136 valence electrons. The molecule has 1 N–H and O–H groups in total. The molecule has 0 fully saturated rings. The Morgan fingerprint density at radius 2 is 2.00 bits per heavy atom. The van der Waals surface area contributed by atoms with Gasteiger partial charge in [0.2, 0.25) is 0 Å². The van der Waals surface area contributed by atoms with Crippen molar-refractivity contribution in [1.82, 2.24) is 5.16 Å². The largest absolute Gasteiger partial charge is 0.336 e. The Bertz CT molecular complexity index is 1040. The summed E-state index contributed by atoms with van der Waals surface area (Å²) >= 11 is 4.71. The van der Waals surface area contributed by atoms with Gasteiger partial charge in [-0.15, -0.1) is 11.3 Å². The van der Waals surface area contributed by atoms with Crippen molar-refractivity contribution in [2.45, 2.75) is 25.2 Å². The van der Waals surface area contributed by atoms with Crippen LogP contribution in [-0.4, -0.2) is 13.6 Å². The third-order valence-corrected chi connectivity index (χ3v) is 7.44. The first-order valence-electron chi connectivity index (χ1n) is 7.81. The molecule has 5 nitrogen and oxygen atoms in total. The second kappa shape index (κ2) is 7.77. The van der Waals surface area contributed by atoms with E-state index < -0.39 is 10.0 Å². The highest BCUT2D eigenvalue weighted by atomic mass is 79.9. The monoisotopic (exact) mass is 452 g/mol. The van der Waals surface area contributed by atoms with Gasteiger partial charge in [-0.05, 0) is 46.3 Å². The number of nitrogens with one attached hydrogen (secondary N) is 1. The van der Waals surface area contributed by atoms with Crippen LogP contribution in [0.5, 0.6) is 0 Å². The molecule has 0 saturated heterocycles. The van der Waals surface area contributed by atoms with Gasteiger partial charge in [0.15, 0.2) is 0 Å². The second-order valence-corrected chi connectivity index (χ2v) is 9.08. The normalized spacial score (nSPS) is 12.0. The molecule has 0 atom stereocenters. The van der Waals surface area contributed by atoms with E-state index in [0.717, 1.165) is 10.4 Å². The van der Waals surface area contributed by atoms with Gasteiger partial charge in [0.25, 0.3) is 15.9 Å². The fourth-order valence-electron chi connectivity index (χ4n) is 2.45. The molecule has 0 amide bonds. The molecular weight excluding hydrogens is 436 g/mol.